The molecule has 31 heavy (non-hydrogen) atoms. The molecule has 6 rings (SSSR count). The van der Waals surface area contributed by atoms with Gasteiger partial charge in [0.2, 0.25) is 0 Å². The van der Waals surface area contributed by atoms with Crippen LogP contribution < -0.4 is 4.90 Å². The van der Waals surface area contributed by atoms with E-state index < -0.39 is 0 Å². The van der Waals surface area contributed by atoms with Gasteiger partial charge in [-0.2, -0.15) is 0 Å². The maximum atomic E-state index is 13.2. The van der Waals surface area contributed by atoms with Gasteiger partial charge in [-0.1, -0.05) is 29.3 Å². The van der Waals surface area contributed by atoms with Gasteiger partial charge in [0, 0.05) is 27.8 Å². The molecular formula is C25H20ClN3OS. The predicted molar refractivity (Wildman–Crippen MR) is 127 cm³/mol. The number of hydrogen-bond acceptors (Lipinski definition) is 5. The van der Waals surface area contributed by atoms with Gasteiger partial charge in [0.15, 0.2) is 11.0 Å². The van der Waals surface area contributed by atoms with E-state index >= 15 is 0 Å². The van der Waals surface area contributed by atoms with Gasteiger partial charge in [0.05, 0.1) is 22.9 Å². The second kappa shape index (κ2) is 6.94. The first-order valence-electron chi connectivity index (χ1n) is 10.5. The van der Waals surface area contributed by atoms with Crippen molar-refractivity contribution in [1.29, 1.82) is 0 Å². The van der Waals surface area contributed by atoms with E-state index in [-0.39, 0.29) is 11.8 Å². The quantitative estimate of drug-likeness (QED) is 0.399. The average molecular weight is 446 g/mol. The van der Waals surface area contributed by atoms with Crippen LogP contribution >= 0.6 is 23.4 Å². The molecule has 4 nitrogen and oxygen atoms in total. The maximum Gasteiger partial charge on any atom is 0.174 e. The van der Waals surface area contributed by atoms with E-state index in [0.29, 0.717) is 11.6 Å². The van der Waals surface area contributed by atoms with Gasteiger partial charge in [-0.05, 0) is 74.3 Å². The number of thioether (sulfide) groups is 1. The molecule has 1 aromatic heterocycles. The van der Waals surface area contributed by atoms with E-state index in [1.54, 1.807) is 11.8 Å². The summed E-state index contributed by atoms with van der Waals surface area (Å²) in [5, 5.41) is 2.39. The third-order valence-electron chi connectivity index (χ3n) is 6.22. The largest absolute Gasteiger partial charge is 0.308 e. The number of fused-ring (bicyclic) bond motifs is 4. The Morgan fingerprint density at radius 2 is 1.87 bits per heavy atom. The molecule has 0 saturated carbocycles. The zero-order valence-electron chi connectivity index (χ0n) is 17.3. The van der Waals surface area contributed by atoms with Crippen molar-refractivity contribution in [3.63, 3.8) is 0 Å². The molecule has 3 aliphatic rings. The fraction of sp³-hybridized carbons (Fsp3) is 0.240. The number of anilines is 1. The van der Waals surface area contributed by atoms with Crippen molar-refractivity contribution >= 4 is 50.9 Å². The third kappa shape index (κ3) is 2.94. The SMILES string of the molecule is Cc1ccc2c(c1)SC1=NC3=C(C(=O)CCC3)C(c3cc4cc(C)ccc4nc3Cl)N12. The normalized spacial score (nSPS) is 20.0. The fourth-order valence-electron chi connectivity index (χ4n) is 4.77. The monoisotopic (exact) mass is 445 g/mol. The lowest BCUT2D eigenvalue weighted by molar-refractivity contribution is -0.116. The predicted octanol–water partition coefficient (Wildman–Crippen LogP) is 6.54. The summed E-state index contributed by atoms with van der Waals surface area (Å²) in [6.07, 6.45) is 2.23. The average Bonchev–Trinajstić information content (AvgIpc) is 3.09. The Morgan fingerprint density at radius 1 is 1.06 bits per heavy atom. The minimum Gasteiger partial charge on any atom is -0.308 e. The molecule has 0 amide bonds. The van der Waals surface area contributed by atoms with Crippen molar-refractivity contribution in [1.82, 2.24) is 4.98 Å². The van der Waals surface area contributed by atoms with Crippen LogP contribution in [-0.4, -0.2) is 15.9 Å². The molecule has 0 radical (unpaired) electrons. The number of rotatable bonds is 1. The van der Waals surface area contributed by atoms with Crippen molar-refractivity contribution in [2.45, 2.75) is 44.0 Å². The van der Waals surface area contributed by atoms with Crippen LogP contribution in [0, 0.1) is 13.8 Å². The summed E-state index contributed by atoms with van der Waals surface area (Å²) in [4.78, 5) is 26.2. The highest BCUT2D eigenvalue weighted by molar-refractivity contribution is 8.14. The molecule has 0 saturated heterocycles. The number of carbonyl (C=O) groups is 1. The van der Waals surface area contributed by atoms with Crippen LogP contribution in [0.2, 0.25) is 5.15 Å². The Labute approximate surface area is 190 Å². The van der Waals surface area contributed by atoms with Gasteiger partial charge >= 0.3 is 0 Å². The molecule has 0 fully saturated rings. The van der Waals surface area contributed by atoms with Crippen molar-refractivity contribution in [3.05, 3.63) is 75.6 Å². The molecule has 1 unspecified atom stereocenters. The summed E-state index contributed by atoms with van der Waals surface area (Å²) in [5.74, 6) is 0.167. The molecule has 1 aliphatic carbocycles. The van der Waals surface area contributed by atoms with Crippen LogP contribution in [-0.2, 0) is 4.79 Å². The summed E-state index contributed by atoms with van der Waals surface area (Å²) in [7, 11) is 0. The summed E-state index contributed by atoms with van der Waals surface area (Å²) >= 11 is 8.45. The molecule has 1 atom stereocenters. The standard InChI is InChI=1S/C25H20ClN3OS/c1-13-6-8-17-15(10-13)12-16(24(26)27-17)23-22-18(4-3-5-20(22)30)28-25-29(23)19-9-7-14(2)11-21(19)31-25/h6-12,23H,3-5H2,1-2H3. The number of aromatic nitrogens is 1. The molecule has 0 bridgehead atoms. The first kappa shape index (κ1) is 19.1. The fourth-order valence-corrected chi connectivity index (χ4v) is 6.19. The smallest absolute Gasteiger partial charge is 0.174 e. The molecule has 6 heteroatoms. The van der Waals surface area contributed by atoms with E-state index in [0.717, 1.165) is 56.3 Å². The summed E-state index contributed by atoms with van der Waals surface area (Å²) in [5.41, 5.74) is 6.86. The number of ketones is 1. The zero-order chi connectivity index (χ0) is 21.3. The molecule has 3 aromatic rings. The second-order valence-electron chi connectivity index (χ2n) is 8.44. The van der Waals surface area contributed by atoms with Crippen LogP contribution in [0.25, 0.3) is 10.9 Å². The highest BCUT2D eigenvalue weighted by atomic mass is 35.5. The van der Waals surface area contributed by atoms with Gasteiger partial charge in [-0.25, -0.2) is 9.98 Å². The van der Waals surface area contributed by atoms with Crippen molar-refractivity contribution < 1.29 is 4.79 Å². The van der Waals surface area contributed by atoms with E-state index in [2.05, 4.69) is 49.1 Å². The van der Waals surface area contributed by atoms with Crippen molar-refractivity contribution in [3.8, 4) is 0 Å². The lowest BCUT2D eigenvalue weighted by Crippen LogP contribution is -2.38. The number of benzene rings is 2. The Morgan fingerprint density at radius 3 is 2.74 bits per heavy atom. The highest BCUT2D eigenvalue weighted by Gasteiger charge is 2.43. The van der Waals surface area contributed by atoms with Gasteiger partial charge < -0.3 is 4.90 Å². The zero-order valence-corrected chi connectivity index (χ0v) is 18.8. The first-order valence-corrected chi connectivity index (χ1v) is 11.7. The van der Waals surface area contributed by atoms with E-state index in [9.17, 15) is 4.79 Å². The first-order chi connectivity index (χ1) is 15.0. The van der Waals surface area contributed by atoms with Gasteiger partial charge in [-0.3, -0.25) is 4.79 Å². The number of Topliss-reactive ketones (excluding diaryl/α,β-unsaturated/α-hetero) is 1. The van der Waals surface area contributed by atoms with Crippen LogP contribution in [0.1, 0.15) is 42.0 Å². The Balaban J connectivity index is 1.62. The molecule has 154 valence electrons. The lowest BCUT2D eigenvalue weighted by atomic mass is 9.85. The number of halogens is 1. The van der Waals surface area contributed by atoms with E-state index in [4.69, 9.17) is 21.6 Å². The van der Waals surface area contributed by atoms with Crippen LogP contribution in [0.4, 0.5) is 5.69 Å². The van der Waals surface area contributed by atoms with E-state index in [1.807, 2.05) is 12.1 Å². The molecular weight excluding hydrogens is 426 g/mol. The summed E-state index contributed by atoms with van der Waals surface area (Å²) < 4.78 is 0. The second-order valence-corrected chi connectivity index (χ2v) is 9.81. The number of hydrogen-bond donors (Lipinski definition) is 0. The highest BCUT2D eigenvalue weighted by Crippen LogP contribution is 2.52. The van der Waals surface area contributed by atoms with Gasteiger partial charge in [0.25, 0.3) is 0 Å². The Hall–Kier alpha value is -2.63. The Bertz CT molecular complexity index is 1360. The number of allylic oxidation sites excluding steroid dienone is 1. The van der Waals surface area contributed by atoms with E-state index in [1.165, 1.54) is 11.1 Å². The number of aliphatic imine (C=N–C) groups is 1. The minimum absolute atomic E-state index is 0.167. The molecule has 0 N–H and O–H groups in total. The molecule has 2 aromatic carbocycles. The number of aryl methyl sites for hydroxylation is 2. The molecule has 2 aliphatic heterocycles. The van der Waals surface area contributed by atoms with Crippen molar-refractivity contribution in [2.75, 3.05) is 4.90 Å². The summed E-state index contributed by atoms with van der Waals surface area (Å²) in [6.45, 7) is 4.16. The number of carbonyl (C=O) groups excluding carboxylic acids is 1. The minimum atomic E-state index is -0.309. The third-order valence-corrected chi connectivity index (χ3v) is 7.54. The Kier molecular flexibility index (Phi) is 4.27. The van der Waals surface area contributed by atoms with Gasteiger partial charge in [-0.15, -0.1) is 0 Å². The molecule has 3 heterocycles. The van der Waals surface area contributed by atoms with Crippen LogP contribution in [0.15, 0.2) is 63.6 Å². The topological polar surface area (TPSA) is 45.6 Å². The maximum absolute atomic E-state index is 13.2. The number of pyridine rings is 1. The van der Waals surface area contributed by atoms with Crippen LogP contribution in [0.3, 0.4) is 0 Å². The van der Waals surface area contributed by atoms with Crippen molar-refractivity contribution in [2.24, 2.45) is 4.99 Å². The lowest BCUT2D eigenvalue weighted by Gasteiger charge is -2.37. The van der Waals surface area contributed by atoms with Gasteiger partial charge in [0.1, 0.15) is 5.15 Å². The van der Waals surface area contributed by atoms with Crippen LogP contribution in [0.5, 0.6) is 0 Å². The molecule has 0 spiro atoms. The number of nitrogens with zero attached hydrogens (tertiary/aromatic N) is 3. The summed E-state index contributed by atoms with van der Waals surface area (Å²) in [6, 6.07) is 14.4. The number of amidine groups is 1.